The van der Waals surface area contributed by atoms with Crippen LogP contribution in [0.15, 0.2) is 29.2 Å². The molecular weight excluding hydrogens is 375 g/mol. The van der Waals surface area contributed by atoms with Gasteiger partial charge in [0.1, 0.15) is 0 Å². The molecule has 0 aliphatic carbocycles. The molecule has 22 heavy (non-hydrogen) atoms. The summed E-state index contributed by atoms with van der Waals surface area (Å²) in [5.74, 6) is -0.629. The monoisotopic (exact) mass is 390 g/mol. The summed E-state index contributed by atoms with van der Waals surface area (Å²) in [6.07, 6.45) is 1.53. The SMILES string of the molecule is CCCCS(=O)(=O)Cl.COC(=O)c1ccccc1S(=O)(=O)Cl. The van der Waals surface area contributed by atoms with Gasteiger partial charge in [-0.3, -0.25) is 0 Å². The van der Waals surface area contributed by atoms with Crippen molar-refractivity contribution in [2.75, 3.05) is 12.9 Å². The number of ether oxygens (including phenoxy) is 1. The third-order valence-corrected chi connectivity index (χ3v) is 4.92. The molecule has 1 rings (SSSR count). The number of carbonyl (C=O) groups excluding carboxylic acids is 1. The van der Waals surface area contributed by atoms with Gasteiger partial charge in [-0.05, 0) is 18.6 Å². The maximum absolute atomic E-state index is 11.1. The fourth-order valence-corrected chi connectivity index (χ4v) is 3.29. The molecule has 0 N–H and O–H groups in total. The Bertz CT molecular complexity index is 698. The molecule has 1 aromatic rings. The van der Waals surface area contributed by atoms with Crippen LogP contribution >= 0.6 is 21.4 Å². The van der Waals surface area contributed by atoms with Gasteiger partial charge in [-0.1, -0.05) is 25.5 Å². The first-order valence-electron chi connectivity index (χ1n) is 6.07. The van der Waals surface area contributed by atoms with E-state index in [0.29, 0.717) is 6.42 Å². The lowest BCUT2D eigenvalue weighted by molar-refractivity contribution is 0.0596. The summed E-state index contributed by atoms with van der Waals surface area (Å²) < 4.78 is 46.8. The molecule has 0 aliphatic rings. The number of hydrogen-bond acceptors (Lipinski definition) is 6. The fourth-order valence-electron chi connectivity index (χ4n) is 1.27. The van der Waals surface area contributed by atoms with Crippen LogP contribution in [0, 0.1) is 0 Å². The Morgan fingerprint density at radius 1 is 1.14 bits per heavy atom. The Morgan fingerprint density at radius 2 is 1.68 bits per heavy atom. The van der Waals surface area contributed by atoms with E-state index >= 15 is 0 Å². The van der Waals surface area contributed by atoms with Crippen molar-refractivity contribution >= 4 is 45.4 Å². The normalized spacial score (nSPS) is 11.3. The summed E-state index contributed by atoms with van der Waals surface area (Å²) in [7, 11) is 4.05. The summed E-state index contributed by atoms with van der Waals surface area (Å²) in [6, 6.07) is 5.58. The molecule has 0 radical (unpaired) electrons. The number of carbonyl (C=O) groups is 1. The number of esters is 1. The molecule has 0 amide bonds. The van der Waals surface area contributed by atoms with E-state index in [4.69, 9.17) is 21.4 Å². The zero-order valence-corrected chi connectivity index (χ0v) is 15.1. The van der Waals surface area contributed by atoms with E-state index in [1.54, 1.807) is 0 Å². The van der Waals surface area contributed by atoms with Gasteiger partial charge >= 0.3 is 5.97 Å². The van der Waals surface area contributed by atoms with E-state index in [1.807, 2.05) is 6.92 Å². The van der Waals surface area contributed by atoms with E-state index in [9.17, 15) is 21.6 Å². The topological polar surface area (TPSA) is 94.6 Å². The standard InChI is InChI=1S/C8H7ClO4S.C4H9ClO2S/c1-13-8(10)6-4-2-3-5-7(6)14(9,11)12;1-2-3-4-8(5,6)7/h2-5H,1H3;2-4H2,1H3. The highest BCUT2D eigenvalue weighted by molar-refractivity contribution is 8.14. The average molecular weight is 391 g/mol. The Balaban J connectivity index is 0.000000472. The van der Waals surface area contributed by atoms with Crippen LogP contribution in [0.5, 0.6) is 0 Å². The first-order chi connectivity index (χ1) is 10.0. The summed E-state index contributed by atoms with van der Waals surface area (Å²) >= 11 is 0. The van der Waals surface area contributed by atoms with Gasteiger partial charge in [0, 0.05) is 21.4 Å². The lowest BCUT2D eigenvalue weighted by Gasteiger charge is -2.03. The van der Waals surface area contributed by atoms with Gasteiger partial charge in [0.2, 0.25) is 9.05 Å². The van der Waals surface area contributed by atoms with Crippen LogP contribution in [0.3, 0.4) is 0 Å². The highest BCUT2D eigenvalue weighted by Gasteiger charge is 2.19. The van der Waals surface area contributed by atoms with Crippen molar-refractivity contribution < 1.29 is 26.4 Å². The maximum Gasteiger partial charge on any atom is 0.339 e. The molecule has 0 fully saturated rings. The zero-order chi connectivity index (χ0) is 17.4. The summed E-state index contributed by atoms with van der Waals surface area (Å²) in [6.45, 7) is 1.92. The molecule has 0 heterocycles. The largest absolute Gasteiger partial charge is 0.465 e. The second-order valence-corrected chi connectivity index (χ2v) is 9.45. The number of benzene rings is 1. The molecule has 126 valence electrons. The van der Waals surface area contributed by atoms with Crippen LogP contribution in [-0.2, 0) is 22.8 Å². The molecule has 0 aromatic heterocycles. The van der Waals surface area contributed by atoms with Gasteiger partial charge < -0.3 is 4.74 Å². The lowest BCUT2D eigenvalue weighted by atomic mass is 10.2. The van der Waals surface area contributed by atoms with Crippen molar-refractivity contribution in [3.8, 4) is 0 Å². The molecular formula is C12H16Cl2O6S2. The molecule has 0 aliphatic heterocycles. The molecule has 0 unspecified atom stereocenters. The van der Waals surface area contributed by atoms with Gasteiger partial charge in [-0.2, -0.15) is 0 Å². The van der Waals surface area contributed by atoms with Crippen molar-refractivity contribution in [2.24, 2.45) is 0 Å². The predicted molar refractivity (Wildman–Crippen MR) is 85.4 cm³/mol. The summed E-state index contributed by atoms with van der Waals surface area (Å²) in [5, 5.41) is 0. The van der Waals surface area contributed by atoms with Crippen LogP contribution < -0.4 is 0 Å². The van der Waals surface area contributed by atoms with Crippen LogP contribution in [0.25, 0.3) is 0 Å². The Kier molecular flexibility index (Phi) is 8.99. The second-order valence-electron chi connectivity index (χ2n) is 4.02. The number of methoxy groups -OCH3 is 1. The van der Waals surface area contributed by atoms with Crippen molar-refractivity contribution in [3.63, 3.8) is 0 Å². The molecule has 0 spiro atoms. The minimum Gasteiger partial charge on any atom is -0.465 e. The van der Waals surface area contributed by atoms with Gasteiger partial charge in [0.05, 0.1) is 23.3 Å². The molecule has 0 saturated carbocycles. The van der Waals surface area contributed by atoms with Gasteiger partial charge in [-0.15, -0.1) is 0 Å². The fraction of sp³-hybridized carbons (Fsp3) is 0.417. The summed E-state index contributed by atoms with van der Waals surface area (Å²) in [4.78, 5) is 10.9. The highest BCUT2D eigenvalue weighted by atomic mass is 35.7. The molecule has 0 bridgehead atoms. The first kappa shape index (κ1) is 21.2. The van der Waals surface area contributed by atoms with Gasteiger partial charge in [0.15, 0.2) is 0 Å². The third kappa shape index (κ3) is 8.57. The number of hydrogen-bond donors (Lipinski definition) is 0. The Hall–Kier alpha value is -0.830. The Morgan fingerprint density at radius 3 is 2.05 bits per heavy atom. The molecule has 10 heteroatoms. The molecule has 1 aromatic carbocycles. The number of halogens is 2. The van der Waals surface area contributed by atoms with Gasteiger partial charge in [0.25, 0.3) is 9.05 Å². The highest BCUT2D eigenvalue weighted by Crippen LogP contribution is 2.20. The second kappa shape index (κ2) is 9.34. The quantitative estimate of drug-likeness (QED) is 0.566. The van der Waals surface area contributed by atoms with E-state index in [2.05, 4.69) is 4.74 Å². The lowest BCUT2D eigenvalue weighted by Crippen LogP contribution is -2.06. The van der Waals surface area contributed by atoms with E-state index in [1.165, 1.54) is 31.4 Å². The average Bonchev–Trinajstić information content (AvgIpc) is 2.43. The van der Waals surface area contributed by atoms with E-state index in [0.717, 1.165) is 6.42 Å². The third-order valence-electron chi connectivity index (χ3n) is 2.30. The van der Waals surface area contributed by atoms with Crippen LogP contribution in [0.4, 0.5) is 0 Å². The van der Waals surface area contributed by atoms with Crippen molar-refractivity contribution in [3.05, 3.63) is 29.8 Å². The van der Waals surface area contributed by atoms with E-state index in [-0.39, 0.29) is 16.2 Å². The van der Waals surface area contributed by atoms with Gasteiger partial charge in [-0.25, -0.2) is 21.6 Å². The molecule has 0 atom stereocenters. The minimum absolute atomic E-state index is 0.0648. The van der Waals surface area contributed by atoms with Crippen LogP contribution in [-0.4, -0.2) is 35.7 Å². The van der Waals surface area contributed by atoms with Crippen LogP contribution in [0.1, 0.15) is 30.1 Å². The van der Waals surface area contributed by atoms with Crippen molar-refractivity contribution in [1.29, 1.82) is 0 Å². The maximum atomic E-state index is 11.1. The molecule has 6 nitrogen and oxygen atoms in total. The number of rotatable bonds is 5. The van der Waals surface area contributed by atoms with Crippen molar-refractivity contribution in [2.45, 2.75) is 24.7 Å². The smallest absolute Gasteiger partial charge is 0.339 e. The zero-order valence-electron chi connectivity index (χ0n) is 12.0. The summed E-state index contributed by atoms with van der Waals surface area (Å²) in [5.41, 5.74) is -0.0648. The van der Waals surface area contributed by atoms with Crippen LogP contribution in [0.2, 0.25) is 0 Å². The first-order valence-corrected chi connectivity index (χ1v) is 10.9. The minimum atomic E-state index is -3.92. The predicted octanol–water partition coefficient (Wildman–Crippen LogP) is 2.76. The Labute approximate surface area is 139 Å². The van der Waals surface area contributed by atoms with E-state index < -0.39 is 24.1 Å². The van der Waals surface area contributed by atoms with Crippen molar-refractivity contribution in [1.82, 2.24) is 0 Å². The molecule has 0 saturated heterocycles. The number of unbranched alkanes of at least 4 members (excludes halogenated alkanes) is 1.